The summed E-state index contributed by atoms with van der Waals surface area (Å²) in [4.78, 5) is 37.3. The van der Waals surface area contributed by atoms with Gasteiger partial charge in [-0.25, -0.2) is 0 Å². The Hall–Kier alpha value is -3.19. The molecule has 168 valence electrons. The van der Waals surface area contributed by atoms with Crippen LogP contribution in [0, 0.1) is 0 Å². The van der Waals surface area contributed by atoms with Gasteiger partial charge in [0.25, 0.3) is 5.91 Å². The zero-order chi connectivity index (χ0) is 22.7. The van der Waals surface area contributed by atoms with E-state index in [1.165, 1.54) is 0 Å². The average Bonchev–Trinajstić information content (AvgIpc) is 3.17. The van der Waals surface area contributed by atoms with Crippen LogP contribution in [0.4, 0.5) is 5.69 Å². The fourth-order valence-electron chi connectivity index (χ4n) is 4.50. The van der Waals surface area contributed by atoms with Gasteiger partial charge in [-0.3, -0.25) is 14.4 Å². The summed E-state index contributed by atoms with van der Waals surface area (Å²) in [6.45, 7) is 5.92. The van der Waals surface area contributed by atoms with Crippen LogP contribution in [0.25, 0.3) is 0 Å². The SMILES string of the molecule is CCNc1ccc(C(C)Oc2cccc3c2CN(C2CCC(C(=O)C=O)NC2)C3=O)cc1. The van der Waals surface area contributed by atoms with Gasteiger partial charge >= 0.3 is 0 Å². The Bertz CT molecular complexity index is 997. The summed E-state index contributed by atoms with van der Waals surface area (Å²) >= 11 is 0. The summed E-state index contributed by atoms with van der Waals surface area (Å²) < 4.78 is 6.29. The summed E-state index contributed by atoms with van der Waals surface area (Å²) in [6, 6.07) is 13.3. The van der Waals surface area contributed by atoms with Crippen molar-refractivity contribution < 1.29 is 19.1 Å². The summed E-state index contributed by atoms with van der Waals surface area (Å²) in [6.07, 6.45) is 1.44. The number of benzene rings is 2. The predicted molar refractivity (Wildman–Crippen MR) is 122 cm³/mol. The van der Waals surface area contributed by atoms with Gasteiger partial charge < -0.3 is 20.3 Å². The van der Waals surface area contributed by atoms with Crippen molar-refractivity contribution in [3.63, 3.8) is 0 Å². The van der Waals surface area contributed by atoms with Gasteiger partial charge in [0, 0.05) is 35.9 Å². The average molecular weight is 436 g/mol. The standard InChI is InChI=1S/C25H29N3O4/c1-3-26-18-9-7-17(8-10-18)16(2)32-24-6-4-5-20-21(24)14-28(25(20)31)19-11-12-22(27-13-19)23(30)15-29/h4-10,15-16,19,22,26-27H,3,11-14H2,1-2H3. The van der Waals surface area contributed by atoms with E-state index in [0.29, 0.717) is 37.8 Å². The highest BCUT2D eigenvalue weighted by atomic mass is 16.5. The Kier molecular flexibility index (Phi) is 6.55. The van der Waals surface area contributed by atoms with Crippen LogP contribution in [-0.4, -0.2) is 48.0 Å². The highest BCUT2D eigenvalue weighted by Crippen LogP contribution is 2.35. The third kappa shape index (κ3) is 4.39. The number of carbonyl (C=O) groups excluding carboxylic acids is 3. The Morgan fingerprint density at radius 3 is 2.69 bits per heavy atom. The maximum Gasteiger partial charge on any atom is 0.254 e. The molecule has 2 heterocycles. The Morgan fingerprint density at radius 1 is 1.25 bits per heavy atom. The molecule has 0 radical (unpaired) electrons. The quantitative estimate of drug-likeness (QED) is 0.489. The molecule has 0 aromatic heterocycles. The molecule has 2 aromatic rings. The molecule has 2 N–H and O–H groups in total. The molecule has 0 bridgehead atoms. The number of hydrogen-bond donors (Lipinski definition) is 2. The molecule has 3 unspecified atom stereocenters. The van der Waals surface area contributed by atoms with Crippen molar-refractivity contribution >= 4 is 23.7 Å². The van der Waals surface area contributed by atoms with E-state index >= 15 is 0 Å². The second kappa shape index (κ2) is 9.53. The minimum absolute atomic E-state index is 0.0138. The number of anilines is 1. The summed E-state index contributed by atoms with van der Waals surface area (Å²) in [5.41, 5.74) is 3.71. The van der Waals surface area contributed by atoms with Crippen molar-refractivity contribution in [3.8, 4) is 5.75 Å². The van der Waals surface area contributed by atoms with E-state index in [-0.39, 0.29) is 18.1 Å². The second-order valence-corrected chi connectivity index (χ2v) is 8.34. The van der Waals surface area contributed by atoms with E-state index in [4.69, 9.17) is 4.74 Å². The number of carbonyl (C=O) groups is 3. The zero-order valence-corrected chi connectivity index (χ0v) is 18.5. The van der Waals surface area contributed by atoms with Crippen molar-refractivity contribution in [1.82, 2.24) is 10.2 Å². The molecule has 3 atom stereocenters. The fourth-order valence-corrected chi connectivity index (χ4v) is 4.50. The number of rotatable bonds is 8. The Labute approximate surface area is 188 Å². The monoisotopic (exact) mass is 435 g/mol. The van der Waals surface area contributed by atoms with Crippen molar-refractivity contribution in [3.05, 3.63) is 59.2 Å². The third-order valence-electron chi connectivity index (χ3n) is 6.31. The number of fused-ring (bicyclic) bond motifs is 1. The lowest BCUT2D eigenvalue weighted by molar-refractivity contribution is -0.131. The summed E-state index contributed by atoms with van der Waals surface area (Å²) in [5, 5.41) is 6.40. The molecule has 32 heavy (non-hydrogen) atoms. The Balaban J connectivity index is 1.45. The van der Waals surface area contributed by atoms with E-state index in [9.17, 15) is 14.4 Å². The van der Waals surface area contributed by atoms with Crippen LogP contribution in [0.2, 0.25) is 0 Å². The molecule has 1 fully saturated rings. The number of Topliss-reactive ketones (excluding diaryl/α,β-unsaturated/α-hetero) is 1. The number of ketones is 1. The maximum absolute atomic E-state index is 13.1. The first-order chi connectivity index (χ1) is 15.5. The molecule has 4 rings (SSSR count). The molecule has 1 amide bonds. The van der Waals surface area contributed by atoms with Gasteiger partial charge in [-0.2, -0.15) is 0 Å². The maximum atomic E-state index is 13.1. The van der Waals surface area contributed by atoms with E-state index in [0.717, 1.165) is 29.1 Å². The molecule has 1 saturated heterocycles. The normalized spacial score (nSPS) is 21.1. The molecule has 0 saturated carbocycles. The van der Waals surface area contributed by atoms with Crippen LogP contribution >= 0.6 is 0 Å². The lowest BCUT2D eigenvalue weighted by Gasteiger charge is -2.34. The topological polar surface area (TPSA) is 87.7 Å². The number of hydrogen-bond acceptors (Lipinski definition) is 6. The lowest BCUT2D eigenvalue weighted by Crippen LogP contribution is -2.52. The van der Waals surface area contributed by atoms with Crippen LogP contribution in [0.1, 0.15) is 54.3 Å². The first-order valence-electron chi connectivity index (χ1n) is 11.2. The van der Waals surface area contributed by atoms with Crippen LogP contribution in [0.5, 0.6) is 5.75 Å². The first-order valence-corrected chi connectivity index (χ1v) is 11.2. The molecule has 2 aliphatic rings. The largest absolute Gasteiger partial charge is 0.486 e. The van der Waals surface area contributed by atoms with Crippen LogP contribution in [0.3, 0.4) is 0 Å². The number of nitrogens with zero attached hydrogens (tertiary/aromatic N) is 1. The molecule has 7 heteroatoms. The number of amides is 1. The van der Waals surface area contributed by atoms with Gasteiger partial charge in [0.05, 0.1) is 12.6 Å². The van der Waals surface area contributed by atoms with Crippen molar-refractivity contribution in [2.75, 3.05) is 18.4 Å². The van der Waals surface area contributed by atoms with E-state index in [2.05, 4.69) is 17.6 Å². The van der Waals surface area contributed by atoms with Gasteiger partial charge in [0.1, 0.15) is 11.9 Å². The van der Waals surface area contributed by atoms with Gasteiger partial charge in [0.15, 0.2) is 6.29 Å². The molecule has 0 aliphatic carbocycles. The minimum Gasteiger partial charge on any atom is -0.486 e. The number of ether oxygens (including phenoxy) is 1. The first kappa shape index (κ1) is 22.0. The molecule has 2 aromatic carbocycles. The van der Waals surface area contributed by atoms with Crippen LogP contribution < -0.4 is 15.4 Å². The number of nitrogens with one attached hydrogen (secondary N) is 2. The number of piperidine rings is 1. The second-order valence-electron chi connectivity index (χ2n) is 8.34. The zero-order valence-electron chi connectivity index (χ0n) is 18.5. The molecular formula is C25H29N3O4. The lowest BCUT2D eigenvalue weighted by atomic mass is 9.97. The molecule has 0 spiro atoms. The van der Waals surface area contributed by atoms with Gasteiger partial charge in [-0.05, 0) is 56.5 Å². The van der Waals surface area contributed by atoms with Gasteiger partial charge in [-0.1, -0.05) is 18.2 Å². The molecular weight excluding hydrogens is 406 g/mol. The van der Waals surface area contributed by atoms with Crippen molar-refractivity contribution in [1.29, 1.82) is 0 Å². The third-order valence-corrected chi connectivity index (χ3v) is 6.31. The van der Waals surface area contributed by atoms with Crippen molar-refractivity contribution in [2.45, 2.75) is 51.4 Å². The summed E-state index contributed by atoms with van der Waals surface area (Å²) in [7, 11) is 0. The highest BCUT2D eigenvalue weighted by Gasteiger charge is 2.37. The summed E-state index contributed by atoms with van der Waals surface area (Å²) in [5.74, 6) is 0.280. The molecule has 2 aliphatic heterocycles. The van der Waals surface area contributed by atoms with E-state index in [1.807, 2.05) is 54.3 Å². The van der Waals surface area contributed by atoms with Crippen LogP contribution in [-0.2, 0) is 16.1 Å². The van der Waals surface area contributed by atoms with Crippen molar-refractivity contribution in [2.24, 2.45) is 0 Å². The number of aldehydes is 1. The van der Waals surface area contributed by atoms with E-state index in [1.54, 1.807) is 0 Å². The van der Waals surface area contributed by atoms with Gasteiger partial charge in [0.2, 0.25) is 5.78 Å². The van der Waals surface area contributed by atoms with E-state index < -0.39 is 11.8 Å². The predicted octanol–water partition coefficient (Wildman–Crippen LogP) is 3.10. The van der Waals surface area contributed by atoms with Crippen LogP contribution in [0.15, 0.2) is 42.5 Å². The smallest absolute Gasteiger partial charge is 0.254 e. The highest BCUT2D eigenvalue weighted by molar-refractivity contribution is 6.27. The van der Waals surface area contributed by atoms with Gasteiger partial charge in [-0.15, -0.1) is 0 Å². The Morgan fingerprint density at radius 2 is 2.03 bits per heavy atom. The fraction of sp³-hybridized carbons (Fsp3) is 0.400. The minimum atomic E-state index is -0.442. The molecule has 7 nitrogen and oxygen atoms in total.